The average molecular weight is 393 g/mol. The highest BCUT2D eigenvalue weighted by Gasteiger charge is 2.15. The van der Waals surface area contributed by atoms with Crippen LogP contribution in [0, 0.1) is 6.92 Å². The fourth-order valence-corrected chi connectivity index (χ4v) is 4.16. The van der Waals surface area contributed by atoms with Gasteiger partial charge in [-0.3, -0.25) is 0 Å². The minimum Gasteiger partial charge on any atom is -0.494 e. The molecule has 138 valence electrons. The monoisotopic (exact) mass is 392 g/mol. The first kappa shape index (κ1) is 18.8. The Labute approximate surface area is 158 Å². The van der Waals surface area contributed by atoms with Gasteiger partial charge in [0.15, 0.2) is 0 Å². The van der Waals surface area contributed by atoms with Crippen LogP contribution in [0.15, 0.2) is 47.4 Å². The summed E-state index contributed by atoms with van der Waals surface area (Å²) in [5.41, 5.74) is 3.08. The van der Waals surface area contributed by atoms with Gasteiger partial charge in [-0.2, -0.15) is 0 Å². The Bertz CT molecular complexity index is 1010. The van der Waals surface area contributed by atoms with E-state index in [1.54, 1.807) is 24.3 Å². The molecule has 0 atom stereocenters. The predicted molar refractivity (Wildman–Crippen MR) is 105 cm³/mol. The molecule has 0 aliphatic heterocycles. The van der Waals surface area contributed by atoms with E-state index in [1.165, 1.54) is 0 Å². The van der Waals surface area contributed by atoms with Gasteiger partial charge in [0.1, 0.15) is 5.75 Å². The molecule has 1 heterocycles. The zero-order chi connectivity index (χ0) is 18.7. The number of ether oxygens (including phenoxy) is 1. The summed E-state index contributed by atoms with van der Waals surface area (Å²) in [7, 11) is -3.56. The van der Waals surface area contributed by atoms with E-state index >= 15 is 0 Å². The molecule has 0 saturated carbocycles. The molecule has 5 nitrogen and oxygen atoms in total. The highest BCUT2D eigenvalue weighted by atomic mass is 35.5. The number of sulfonamides is 1. The van der Waals surface area contributed by atoms with Crippen molar-refractivity contribution in [1.29, 1.82) is 0 Å². The van der Waals surface area contributed by atoms with Crippen LogP contribution >= 0.6 is 11.6 Å². The summed E-state index contributed by atoms with van der Waals surface area (Å²) in [5.74, 6) is 0.651. The third-order valence-corrected chi connectivity index (χ3v) is 5.91. The van der Waals surface area contributed by atoms with Gasteiger partial charge in [-0.25, -0.2) is 13.1 Å². The van der Waals surface area contributed by atoms with Crippen molar-refractivity contribution >= 4 is 32.5 Å². The van der Waals surface area contributed by atoms with Crippen molar-refractivity contribution in [3.05, 3.63) is 58.7 Å². The van der Waals surface area contributed by atoms with E-state index in [4.69, 9.17) is 16.3 Å². The first-order valence-corrected chi connectivity index (χ1v) is 10.3. The fraction of sp³-hybridized carbons (Fsp3) is 0.263. The average Bonchev–Trinajstić information content (AvgIpc) is 2.91. The van der Waals surface area contributed by atoms with Gasteiger partial charge in [-0.05, 0) is 68.3 Å². The Morgan fingerprint density at radius 1 is 1.15 bits per heavy atom. The second-order valence-corrected chi connectivity index (χ2v) is 8.17. The van der Waals surface area contributed by atoms with E-state index in [9.17, 15) is 8.42 Å². The predicted octanol–water partition coefficient (Wildman–Crippen LogP) is 4.05. The molecule has 0 unspecified atom stereocenters. The summed E-state index contributed by atoms with van der Waals surface area (Å²) in [6.45, 7) is 4.70. The Hall–Kier alpha value is -2.02. The number of hydrogen-bond donors (Lipinski definition) is 2. The fourth-order valence-electron chi connectivity index (χ4n) is 2.95. The largest absolute Gasteiger partial charge is 0.494 e. The van der Waals surface area contributed by atoms with Crippen LogP contribution in [-0.4, -0.2) is 26.6 Å². The van der Waals surface area contributed by atoms with E-state index in [0.717, 1.165) is 22.2 Å². The van der Waals surface area contributed by atoms with Crippen LogP contribution in [0.25, 0.3) is 10.9 Å². The van der Waals surface area contributed by atoms with Gasteiger partial charge < -0.3 is 9.72 Å². The molecule has 0 fully saturated rings. The first-order chi connectivity index (χ1) is 12.4. The maximum absolute atomic E-state index is 12.5. The lowest BCUT2D eigenvalue weighted by atomic mass is 10.1. The number of aromatic nitrogens is 1. The van der Waals surface area contributed by atoms with Gasteiger partial charge >= 0.3 is 0 Å². The van der Waals surface area contributed by atoms with E-state index in [2.05, 4.69) is 9.71 Å². The van der Waals surface area contributed by atoms with E-state index < -0.39 is 10.0 Å². The summed E-state index contributed by atoms with van der Waals surface area (Å²) >= 11 is 6.09. The second kappa shape index (κ2) is 7.70. The maximum Gasteiger partial charge on any atom is 0.240 e. The third-order valence-electron chi connectivity index (χ3n) is 4.19. The maximum atomic E-state index is 12.5. The van der Waals surface area contributed by atoms with E-state index in [1.807, 2.05) is 32.0 Å². The van der Waals surface area contributed by atoms with Crippen molar-refractivity contribution in [2.45, 2.75) is 25.2 Å². The third kappa shape index (κ3) is 4.03. The molecular weight excluding hydrogens is 372 g/mol. The van der Waals surface area contributed by atoms with Crippen molar-refractivity contribution in [3.8, 4) is 5.75 Å². The number of halogens is 1. The zero-order valence-electron chi connectivity index (χ0n) is 14.7. The van der Waals surface area contributed by atoms with E-state index in [-0.39, 0.29) is 4.90 Å². The number of nitrogens with one attached hydrogen (secondary N) is 2. The van der Waals surface area contributed by atoms with E-state index in [0.29, 0.717) is 30.3 Å². The normalized spacial score (nSPS) is 11.8. The highest BCUT2D eigenvalue weighted by Crippen LogP contribution is 2.25. The number of fused-ring (bicyclic) bond motifs is 1. The molecule has 7 heteroatoms. The lowest BCUT2D eigenvalue weighted by molar-refractivity contribution is 0.340. The number of rotatable bonds is 7. The Morgan fingerprint density at radius 2 is 1.88 bits per heavy atom. The van der Waals surface area contributed by atoms with Crippen LogP contribution in [-0.2, 0) is 16.4 Å². The molecular formula is C19H21ClN2O3S. The minimum atomic E-state index is -3.56. The van der Waals surface area contributed by atoms with Gasteiger partial charge in [0.05, 0.1) is 11.5 Å². The summed E-state index contributed by atoms with van der Waals surface area (Å²) in [6, 6.07) is 12.1. The van der Waals surface area contributed by atoms with Crippen molar-refractivity contribution in [2.24, 2.45) is 0 Å². The molecule has 0 bridgehead atoms. The molecule has 2 aromatic carbocycles. The van der Waals surface area contributed by atoms with Crippen molar-refractivity contribution < 1.29 is 13.2 Å². The molecule has 3 rings (SSSR count). The Kier molecular flexibility index (Phi) is 5.55. The topological polar surface area (TPSA) is 71.2 Å². The van der Waals surface area contributed by atoms with Crippen LogP contribution < -0.4 is 9.46 Å². The van der Waals surface area contributed by atoms with Gasteiger partial charge in [0, 0.05) is 28.2 Å². The molecule has 1 aromatic heterocycles. The molecule has 0 radical (unpaired) electrons. The van der Waals surface area contributed by atoms with Crippen LogP contribution in [0.4, 0.5) is 0 Å². The first-order valence-electron chi connectivity index (χ1n) is 8.40. The lowest BCUT2D eigenvalue weighted by Gasteiger charge is -2.08. The van der Waals surface area contributed by atoms with Gasteiger partial charge in [0.25, 0.3) is 0 Å². The number of aryl methyl sites for hydroxylation is 1. The Morgan fingerprint density at radius 3 is 2.58 bits per heavy atom. The molecule has 0 spiro atoms. The van der Waals surface area contributed by atoms with Crippen molar-refractivity contribution in [1.82, 2.24) is 9.71 Å². The molecule has 2 N–H and O–H groups in total. The molecule has 0 amide bonds. The number of H-pyrrole nitrogens is 1. The van der Waals surface area contributed by atoms with Gasteiger partial charge in [-0.1, -0.05) is 11.6 Å². The van der Waals surface area contributed by atoms with Crippen molar-refractivity contribution in [3.63, 3.8) is 0 Å². The minimum absolute atomic E-state index is 0.222. The zero-order valence-corrected chi connectivity index (χ0v) is 16.2. The second-order valence-electron chi connectivity index (χ2n) is 5.97. The van der Waals surface area contributed by atoms with Crippen LogP contribution in [0.5, 0.6) is 5.75 Å². The molecule has 0 aliphatic rings. The van der Waals surface area contributed by atoms with Crippen molar-refractivity contribution in [2.75, 3.05) is 13.2 Å². The summed E-state index contributed by atoms with van der Waals surface area (Å²) in [5, 5.41) is 1.68. The molecule has 26 heavy (non-hydrogen) atoms. The quantitative estimate of drug-likeness (QED) is 0.637. The summed E-state index contributed by atoms with van der Waals surface area (Å²) in [4.78, 5) is 3.52. The van der Waals surface area contributed by atoms with Crippen LogP contribution in [0.1, 0.15) is 18.2 Å². The summed E-state index contributed by atoms with van der Waals surface area (Å²) < 4.78 is 32.9. The number of hydrogen-bond acceptors (Lipinski definition) is 3. The van der Waals surface area contributed by atoms with Crippen LogP contribution in [0.2, 0.25) is 5.02 Å². The smallest absolute Gasteiger partial charge is 0.240 e. The number of aromatic amines is 1. The lowest BCUT2D eigenvalue weighted by Crippen LogP contribution is -2.26. The summed E-state index contributed by atoms with van der Waals surface area (Å²) in [6.07, 6.45) is 0.572. The molecule has 0 saturated heterocycles. The Balaban J connectivity index is 1.71. The molecule has 3 aromatic rings. The van der Waals surface area contributed by atoms with Crippen LogP contribution in [0.3, 0.4) is 0 Å². The van der Waals surface area contributed by atoms with Gasteiger partial charge in [-0.15, -0.1) is 0 Å². The highest BCUT2D eigenvalue weighted by molar-refractivity contribution is 7.89. The molecule has 0 aliphatic carbocycles. The number of benzene rings is 2. The van der Waals surface area contributed by atoms with Gasteiger partial charge in [0.2, 0.25) is 10.0 Å². The standard InChI is InChI=1S/C19H21ClN2O3S/c1-3-25-15-5-7-16(8-6-15)26(23,24)21-11-10-17-13(2)22-19-9-4-14(20)12-18(17)19/h4-9,12,21-22H,3,10-11H2,1-2H3. The SMILES string of the molecule is CCOc1ccc(S(=O)(=O)NCCc2c(C)[nH]c3ccc(Cl)cc23)cc1.